The molecule has 106 valence electrons. The summed E-state index contributed by atoms with van der Waals surface area (Å²) < 4.78 is 38.2. The van der Waals surface area contributed by atoms with Crippen molar-refractivity contribution in [3.05, 3.63) is 0 Å². The highest BCUT2D eigenvalue weighted by atomic mass is 32.2. The van der Waals surface area contributed by atoms with Gasteiger partial charge in [0.05, 0.1) is 18.3 Å². The Morgan fingerprint density at radius 3 is 2.72 bits per heavy atom. The maximum atomic E-state index is 12.1. The van der Waals surface area contributed by atoms with Gasteiger partial charge in [-0.1, -0.05) is 0 Å². The fraction of sp³-hybridized carbons (Fsp3) is 1.00. The summed E-state index contributed by atoms with van der Waals surface area (Å²) in [6.07, 6.45) is 2.62. The molecule has 6 nitrogen and oxygen atoms in total. The summed E-state index contributed by atoms with van der Waals surface area (Å²) in [5, 5.41) is 0. The van der Waals surface area contributed by atoms with Crippen molar-refractivity contribution in [3.8, 4) is 0 Å². The molecule has 0 aliphatic carbocycles. The van der Waals surface area contributed by atoms with Gasteiger partial charge in [0.15, 0.2) is 0 Å². The quantitative estimate of drug-likeness (QED) is 0.732. The van der Waals surface area contributed by atoms with Gasteiger partial charge in [0.1, 0.15) is 0 Å². The maximum absolute atomic E-state index is 12.1. The Morgan fingerprint density at radius 2 is 2.17 bits per heavy atom. The zero-order chi connectivity index (χ0) is 13.4. The molecule has 0 aromatic rings. The minimum absolute atomic E-state index is 0.0898. The molecule has 7 heteroatoms. The standard InChI is InChI=1S/C11H22N2O4S/c1-12(2)18(14,15)13-6-4-5-11(9-13)7-10(16-3)8-17-11/h10H,4-9H2,1-3H3/t10-,11-/m0/s1. The summed E-state index contributed by atoms with van der Waals surface area (Å²) in [4.78, 5) is 0. The summed E-state index contributed by atoms with van der Waals surface area (Å²) in [5.41, 5.74) is -0.345. The van der Waals surface area contributed by atoms with Crippen molar-refractivity contribution >= 4 is 10.2 Å². The molecule has 2 heterocycles. The summed E-state index contributed by atoms with van der Waals surface area (Å²) in [7, 11) is 1.45. The zero-order valence-electron chi connectivity index (χ0n) is 11.3. The maximum Gasteiger partial charge on any atom is 0.281 e. The molecular formula is C11H22N2O4S. The van der Waals surface area contributed by atoms with Crippen LogP contribution in [0.1, 0.15) is 19.3 Å². The van der Waals surface area contributed by atoms with Crippen LogP contribution in [-0.4, -0.2) is 69.6 Å². The highest BCUT2D eigenvalue weighted by Gasteiger charge is 2.46. The molecule has 2 rings (SSSR count). The largest absolute Gasteiger partial charge is 0.379 e. The van der Waals surface area contributed by atoms with Gasteiger partial charge in [0, 0.05) is 40.7 Å². The number of rotatable bonds is 3. The molecular weight excluding hydrogens is 256 g/mol. The molecule has 18 heavy (non-hydrogen) atoms. The van der Waals surface area contributed by atoms with Gasteiger partial charge in [-0.2, -0.15) is 17.0 Å². The molecule has 0 aromatic carbocycles. The van der Waals surface area contributed by atoms with Crippen LogP contribution in [0.15, 0.2) is 0 Å². The molecule has 0 radical (unpaired) electrons. The van der Waals surface area contributed by atoms with E-state index < -0.39 is 10.2 Å². The van der Waals surface area contributed by atoms with E-state index in [-0.39, 0.29) is 11.7 Å². The lowest BCUT2D eigenvalue weighted by Crippen LogP contribution is -2.52. The molecule has 0 saturated carbocycles. The smallest absolute Gasteiger partial charge is 0.281 e. The molecule has 0 bridgehead atoms. The predicted molar refractivity (Wildman–Crippen MR) is 67.5 cm³/mol. The van der Waals surface area contributed by atoms with Crippen molar-refractivity contribution in [2.75, 3.05) is 40.9 Å². The molecule has 0 aromatic heterocycles. The number of hydrogen-bond donors (Lipinski definition) is 0. The van der Waals surface area contributed by atoms with Gasteiger partial charge < -0.3 is 9.47 Å². The second kappa shape index (κ2) is 5.05. The van der Waals surface area contributed by atoms with Crippen molar-refractivity contribution in [2.24, 2.45) is 0 Å². The molecule has 2 fully saturated rings. The predicted octanol–water partition coefficient (Wildman–Crippen LogP) is 0.0627. The first-order chi connectivity index (χ1) is 8.39. The average molecular weight is 278 g/mol. The average Bonchev–Trinajstić information content (AvgIpc) is 2.72. The van der Waals surface area contributed by atoms with Crippen molar-refractivity contribution in [1.29, 1.82) is 0 Å². The Balaban J connectivity index is 2.10. The first-order valence-corrected chi connectivity index (χ1v) is 7.64. The van der Waals surface area contributed by atoms with Crippen LogP contribution >= 0.6 is 0 Å². The number of nitrogens with zero attached hydrogens (tertiary/aromatic N) is 2. The Kier molecular flexibility index (Phi) is 3.99. The lowest BCUT2D eigenvalue weighted by molar-refractivity contribution is -0.0354. The molecule has 2 aliphatic heterocycles. The molecule has 1 spiro atoms. The van der Waals surface area contributed by atoms with Crippen LogP contribution in [0.5, 0.6) is 0 Å². The van der Waals surface area contributed by atoms with E-state index in [9.17, 15) is 8.42 Å². The van der Waals surface area contributed by atoms with Gasteiger partial charge >= 0.3 is 0 Å². The van der Waals surface area contributed by atoms with Crippen LogP contribution in [-0.2, 0) is 19.7 Å². The van der Waals surface area contributed by atoms with Crippen LogP contribution in [0.4, 0.5) is 0 Å². The third-order valence-electron chi connectivity index (χ3n) is 3.80. The molecule has 0 N–H and O–H groups in total. The summed E-state index contributed by atoms with van der Waals surface area (Å²) in [6.45, 7) is 1.57. The Hall–Kier alpha value is -0.210. The first kappa shape index (κ1) is 14.2. The lowest BCUT2D eigenvalue weighted by Gasteiger charge is -2.39. The second-order valence-corrected chi connectivity index (χ2v) is 7.43. The van der Waals surface area contributed by atoms with Crippen LogP contribution in [0, 0.1) is 0 Å². The molecule has 2 atom stereocenters. The molecule has 2 aliphatic rings. The van der Waals surface area contributed by atoms with Gasteiger partial charge in [-0.15, -0.1) is 0 Å². The third kappa shape index (κ3) is 2.55. The summed E-state index contributed by atoms with van der Waals surface area (Å²) >= 11 is 0. The van der Waals surface area contributed by atoms with Crippen molar-refractivity contribution in [1.82, 2.24) is 8.61 Å². The SMILES string of the molecule is CO[C@@H]1CO[C@@]2(CCCN(S(=O)(=O)N(C)C)C2)C1. The van der Waals surface area contributed by atoms with E-state index in [0.29, 0.717) is 19.7 Å². The van der Waals surface area contributed by atoms with Gasteiger partial charge in [-0.25, -0.2) is 0 Å². The number of ether oxygens (including phenoxy) is 2. The van der Waals surface area contributed by atoms with Crippen LogP contribution < -0.4 is 0 Å². The van der Waals surface area contributed by atoms with Crippen molar-refractivity contribution in [2.45, 2.75) is 31.0 Å². The van der Waals surface area contributed by atoms with Gasteiger partial charge in [-0.3, -0.25) is 0 Å². The summed E-state index contributed by atoms with van der Waals surface area (Å²) in [5.74, 6) is 0. The van der Waals surface area contributed by atoms with Crippen LogP contribution in [0.2, 0.25) is 0 Å². The first-order valence-electron chi connectivity index (χ1n) is 6.24. The fourth-order valence-corrected chi connectivity index (χ4v) is 3.94. The van der Waals surface area contributed by atoms with E-state index >= 15 is 0 Å². The molecule has 2 saturated heterocycles. The topological polar surface area (TPSA) is 59.1 Å². The monoisotopic (exact) mass is 278 g/mol. The number of piperidine rings is 1. The van der Waals surface area contributed by atoms with Crippen molar-refractivity contribution in [3.63, 3.8) is 0 Å². The molecule has 0 unspecified atom stereocenters. The van der Waals surface area contributed by atoms with E-state index in [1.165, 1.54) is 8.61 Å². The minimum atomic E-state index is -3.34. The fourth-order valence-electron chi connectivity index (χ4n) is 2.72. The second-order valence-electron chi connectivity index (χ2n) is 5.28. The van der Waals surface area contributed by atoms with E-state index in [2.05, 4.69) is 0 Å². The normalized spacial score (nSPS) is 34.6. The number of methoxy groups -OCH3 is 1. The third-order valence-corrected chi connectivity index (χ3v) is 5.69. The Morgan fingerprint density at radius 1 is 1.44 bits per heavy atom. The highest BCUT2D eigenvalue weighted by molar-refractivity contribution is 7.86. The number of hydrogen-bond acceptors (Lipinski definition) is 4. The van der Waals surface area contributed by atoms with E-state index in [1.54, 1.807) is 21.2 Å². The van der Waals surface area contributed by atoms with Crippen LogP contribution in [0.3, 0.4) is 0 Å². The van der Waals surface area contributed by atoms with Gasteiger partial charge in [-0.05, 0) is 12.8 Å². The summed E-state index contributed by atoms with van der Waals surface area (Å²) in [6, 6.07) is 0. The van der Waals surface area contributed by atoms with Crippen LogP contribution in [0.25, 0.3) is 0 Å². The Bertz CT molecular complexity index is 398. The highest BCUT2D eigenvalue weighted by Crippen LogP contribution is 2.36. The van der Waals surface area contributed by atoms with Gasteiger partial charge in [0.2, 0.25) is 0 Å². The lowest BCUT2D eigenvalue weighted by atomic mass is 9.90. The van der Waals surface area contributed by atoms with Gasteiger partial charge in [0.25, 0.3) is 10.2 Å². The van der Waals surface area contributed by atoms with E-state index in [4.69, 9.17) is 9.47 Å². The Labute approximate surface area is 109 Å². The van der Waals surface area contributed by atoms with E-state index in [1.807, 2.05) is 0 Å². The zero-order valence-corrected chi connectivity index (χ0v) is 12.1. The molecule has 0 amide bonds. The minimum Gasteiger partial charge on any atom is -0.379 e. The van der Waals surface area contributed by atoms with Crippen molar-refractivity contribution < 1.29 is 17.9 Å². The van der Waals surface area contributed by atoms with E-state index in [0.717, 1.165) is 19.3 Å².